The number of carbonyl (C=O) groups is 1. The number of carbonyl (C=O) groups excluding carboxylic acids is 1. The molecule has 0 saturated carbocycles. The molecule has 1 aliphatic heterocycles. The minimum absolute atomic E-state index is 0. The van der Waals surface area contributed by atoms with E-state index in [9.17, 15) is 4.79 Å². The zero-order valence-corrected chi connectivity index (χ0v) is 16.3. The molecule has 4 nitrogen and oxygen atoms in total. The molecule has 6 heteroatoms. The van der Waals surface area contributed by atoms with Gasteiger partial charge in [-0.05, 0) is 36.6 Å². The largest absolute Gasteiger partial charge is 0.381 e. The van der Waals surface area contributed by atoms with Crippen LogP contribution in [0.25, 0.3) is 0 Å². The number of nitrogens with one attached hydrogen (secondary N) is 1. The van der Waals surface area contributed by atoms with Gasteiger partial charge in [0.05, 0.1) is 5.41 Å². The number of benzene rings is 2. The fourth-order valence-corrected chi connectivity index (χ4v) is 3.98. The molecule has 1 heterocycles. The van der Waals surface area contributed by atoms with Crippen molar-refractivity contribution >= 4 is 30.1 Å². The van der Waals surface area contributed by atoms with Gasteiger partial charge < -0.3 is 15.8 Å². The van der Waals surface area contributed by atoms with Gasteiger partial charge in [-0.3, -0.25) is 4.79 Å². The Labute approximate surface area is 165 Å². The van der Waals surface area contributed by atoms with E-state index in [0.717, 1.165) is 10.5 Å². The Bertz CT molecular complexity index is 706. The summed E-state index contributed by atoms with van der Waals surface area (Å²) in [6, 6.07) is 18.4. The Balaban J connectivity index is 0.00000243. The smallest absolute Gasteiger partial charge is 0.227 e. The van der Waals surface area contributed by atoms with E-state index in [1.54, 1.807) is 11.8 Å². The maximum absolute atomic E-state index is 12.7. The summed E-state index contributed by atoms with van der Waals surface area (Å²) in [6.07, 6.45) is 1.38. The Kier molecular flexibility index (Phi) is 7.97. The molecular weight excluding hydrogens is 368 g/mol. The maximum atomic E-state index is 12.7. The van der Waals surface area contributed by atoms with Crippen LogP contribution in [0.4, 0.5) is 0 Å². The first-order chi connectivity index (χ1) is 12.2. The van der Waals surface area contributed by atoms with Gasteiger partial charge in [-0.25, -0.2) is 0 Å². The maximum Gasteiger partial charge on any atom is 0.227 e. The van der Waals surface area contributed by atoms with Crippen LogP contribution >= 0.6 is 24.2 Å². The second-order valence-electron chi connectivity index (χ2n) is 6.30. The first kappa shape index (κ1) is 20.8. The van der Waals surface area contributed by atoms with E-state index in [4.69, 9.17) is 10.5 Å². The average molecular weight is 393 g/mol. The van der Waals surface area contributed by atoms with Crippen molar-refractivity contribution in [2.45, 2.75) is 29.2 Å². The molecule has 1 fully saturated rings. The second kappa shape index (κ2) is 9.97. The number of hydrogen-bond acceptors (Lipinski definition) is 4. The highest BCUT2D eigenvalue weighted by Gasteiger charge is 2.38. The predicted octanol–water partition coefficient (Wildman–Crippen LogP) is 3.63. The molecule has 3 rings (SSSR count). The van der Waals surface area contributed by atoms with E-state index in [-0.39, 0.29) is 18.3 Å². The molecule has 0 aliphatic carbocycles. The lowest BCUT2D eigenvalue weighted by Gasteiger charge is -2.34. The Hall–Kier alpha value is -1.53. The molecule has 1 aliphatic rings. The molecule has 1 saturated heterocycles. The molecule has 0 spiro atoms. The van der Waals surface area contributed by atoms with Crippen LogP contribution in [0.15, 0.2) is 64.4 Å². The highest BCUT2D eigenvalue weighted by atomic mass is 35.5. The summed E-state index contributed by atoms with van der Waals surface area (Å²) in [5.41, 5.74) is 6.55. The van der Waals surface area contributed by atoms with Crippen LogP contribution < -0.4 is 11.1 Å². The lowest BCUT2D eigenvalue weighted by atomic mass is 9.79. The molecule has 2 aromatic rings. The lowest BCUT2D eigenvalue weighted by molar-refractivity contribution is -0.136. The number of halogens is 1. The zero-order valence-electron chi connectivity index (χ0n) is 14.6. The highest BCUT2D eigenvalue weighted by Crippen LogP contribution is 2.32. The van der Waals surface area contributed by atoms with E-state index in [1.165, 1.54) is 4.90 Å². The van der Waals surface area contributed by atoms with E-state index in [0.29, 0.717) is 39.1 Å². The summed E-state index contributed by atoms with van der Waals surface area (Å²) in [7, 11) is 0. The fourth-order valence-electron chi connectivity index (χ4n) is 3.01. The molecule has 1 amide bonds. The van der Waals surface area contributed by atoms with E-state index < -0.39 is 5.41 Å². The minimum Gasteiger partial charge on any atom is -0.381 e. The van der Waals surface area contributed by atoms with Gasteiger partial charge >= 0.3 is 0 Å². The van der Waals surface area contributed by atoms with Crippen molar-refractivity contribution in [3.8, 4) is 0 Å². The number of ether oxygens (including phenoxy) is 1. The van der Waals surface area contributed by atoms with Gasteiger partial charge in [0.15, 0.2) is 0 Å². The van der Waals surface area contributed by atoms with Gasteiger partial charge in [0, 0.05) is 36.1 Å². The molecule has 3 N–H and O–H groups in total. The monoisotopic (exact) mass is 392 g/mol. The number of hydrogen-bond donors (Lipinski definition) is 2. The number of nitrogens with two attached hydrogens (primary N) is 1. The van der Waals surface area contributed by atoms with Crippen LogP contribution in [0, 0.1) is 5.41 Å². The van der Waals surface area contributed by atoms with Crippen molar-refractivity contribution in [1.29, 1.82) is 0 Å². The Morgan fingerprint density at radius 3 is 2.42 bits per heavy atom. The average Bonchev–Trinajstić information content (AvgIpc) is 2.68. The molecule has 0 bridgehead atoms. The van der Waals surface area contributed by atoms with Crippen molar-refractivity contribution in [3.05, 3.63) is 60.2 Å². The van der Waals surface area contributed by atoms with Crippen molar-refractivity contribution in [3.63, 3.8) is 0 Å². The lowest BCUT2D eigenvalue weighted by Crippen LogP contribution is -2.49. The molecule has 0 aromatic heterocycles. The summed E-state index contributed by atoms with van der Waals surface area (Å²) in [5.74, 6) is 0.0396. The van der Waals surface area contributed by atoms with E-state index >= 15 is 0 Å². The summed E-state index contributed by atoms with van der Waals surface area (Å²) in [5, 5.41) is 3.10. The van der Waals surface area contributed by atoms with Crippen molar-refractivity contribution in [1.82, 2.24) is 5.32 Å². The van der Waals surface area contributed by atoms with Crippen LogP contribution in [0.3, 0.4) is 0 Å². The molecule has 0 unspecified atom stereocenters. The molecular formula is C20H25ClN2O2S. The fraction of sp³-hybridized carbons (Fsp3) is 0.350. The molecule has 0 radical (unpaired) electrons. The third-order valence-electron chi connectivity index (χ3n) is 4.71. The van der Waals surface area contributed by atoms with Gasteiger partial charge in [-0.2, -0.15) is 0 Å². The van der Waals surface area contributed by atoms with E-state index in [1.807, 2.05) is 30.3 Å². The van der Waals surface area contributed by atoms with Gasteiger partial charge in [0.2, 0.25) is 5.91 Å². The van der Waals surface area contributed by atoms with Crippen LogP contribution in [-0.4, -0.2) is 25.7 Å². The summed E-state index contributed by atoms with van der Waals surface area (Å²) < 4.78 is 5.39. The predicted molar refractivity (Wildman–Crippen MR) is 108 cm³/mol. The topological polar surface area (TPSA) is 64.4 Å². The first-order valence-corrected chi connectivity index (χ1v) is 9.42. The number of rotatable bonds is 6. The van der Waals surface area contributed by atoms with Crippen molar-refractivity contribution in [2.24, 2.45) is 11.1 Å². The molecule has 140 valence electrons. The Morgan fingerprint density at radius 1 is 1.08 bits per heavy atom. The summed E-state index contributed by atoms with van der Waals surface area (Å²) >= 11 is 1.71. The van der Waals surface area contributed by atoms with Gasteiger partial charge in [-0.1, -0.05) is 48.2 Å². The standard InChI is InChI=1S/C20H24N2O2S.ClH/c21-15-20(10-12-24-13-11-20)19(23)22-14-16-6-4-5-9-18(16)25-17-7-2-1-3-8-17;/h1-9H,10-15,21H2,(H,22,23);1H. The SMILES string of the molecule is Cl.NCC1(C(=O)NCc2ccccc2Sc2ccccc2)CCOCC1. The van der Waals surface area contributed by atoms with Gasteiger partial charge in [0.1, 0.15) is 0 Å². The summed E-state index contributed by atoms with van der Waals surface area (Å²) in [6.45, 7) is 2.08. The third-order valence-corrected chi connectivity index (χ3v) is 5.83. The van der Waals surface area contributed by atoms with E-state index in [2.05, 4.69) is 29.6 Å². The van der Waals surface area contributed by atoms with Gasteiger partial charge in [0.25, 0.3) is 0 Å². The first-order valence-electron chi connectivity index (χ1n) is 8.60. The zero-order chi connectivity index (χ0) is 17.5. The minimum atomic E-state index is -0.486. The summed E-state index contributed by atoms with van der Waals surface area (Å²) in [4.78, 5) is 15.1. The third kappa shape index (κ3) is 5.01. The molecule has 2 aromatic carbocycles. The normalized spacial score (nSPS) is 15.7. The quantitative estimate of drug-likeness (QED) is 0.787. The van der Waals surface area contributed by atoms with Crippen molar-refractivity contribution < 1.29 is 9.53 Å². The van der Waals surface area contributed by atoms with Crippen LogP contribution in [-0.2, 0) is 16.1 Å². The second-order valence-corrected chi connectivity index (χ2v) is 7.42. The van der Waals surface area contributed by atoms with Crippen LogP contribution in [0.5, 0.6) is 0 Å². The van der Waals surface area contributed by atoms with Crippen LogP contribution in [0.1, 0.15) is 18.4 Å². The van der Waals surface area contributed by atoms with Crippen molar-refractivity contribution in [2.75, 3.05) is 19.8 Å². The van der Waals surface area contributed by atoms with Crippen LogP contribution in [0.2, 0.25) is 0 Å². The molecule has 0 atom stereocenters. The van der Waals surface area contributed by atoms with Gasteiger partial charge in [-0.15, -0.1) is 12.4 Å². The highest BCUT2D eigenvalue weighted by molar-refractivity contribution is 7.99. The Morgan fingerprint density at radius 2 is 1.73 bits per heavy atom. The number of amides is 1. The molecule has 26 heavy (non-hydrogen) atoms.